The van der Waals surface area contributed by atoms with Crippen molar-refractivity contribution in [2.45, 2.75) is 13.0 Å². The Labute approximate surface area is 225 Å². The minimum atomic E-state index is -0.565. The smallest absolute Gasteiger partial charge is 0.266 e. The van der Waals surface area contributed by atoms with Crippen LogP contribution in [-0.2, 0) is 17.8 Å². The Morgan fingerprint density at radius 3 is 2.42 bits per heavy atom. The van der Waals surface area contributed by atoms with Crippen molar-refractivity contribution < 1.29 is 18.7 Å². The molecule has 190 valence electrons. The predicted octanol–water partition coefficient (Wildman–Crippen LogP) is 7.20. The van der Waals surface area contributed by atoms with Gasteiger partial charge in [0, 0.05) is 22.7 Å². The van der Waals surface area contributed by atoms with Crippen molar-refractivity contribution in [1.82, 2.24) is 0 Å². The van der Waals surface area contributed by atoms with E-state index in [1.54, 1.807) is 48.5 Å². The van der Waals surface area contributed by atoms with Gasteiger partial charge >= 0.3 is 0 Å². The summed E-state index contributed by atoms with van der Waals surface area (Å²) in [6, 6.07) is 28.2. The molecule has 4 rings (SSSR count). The minimum Gasteiger partial charge on any atom is -0.496 e. The molecule has 0 aliphatic heterocycles. The van der Waals surface area contributed by atoms with E-state index in [1.165, 1.54) is 25.3 Å². The molecule has 0 heterocycles. The molecule has 0 saturated heterocycles. The van der Waals surface area contributed by atoms with Gasteiger partial charge in [-0.25, -0.2) is 4.39 Å². The molecule has 0 unspecified atom stereocenters. The molecule has 0 bridgehead atoms. The number of benzene rings is 4. The van der Waals surface area contributed by atoms with Crippen molar-refractivity contribution in [3.63, 3.8) is 0 Å². The first-order valence-electron chi connectivity index (χ1n) is 11.8. The summed E-state index contributed by atoms with van der Waals surface area (Å²) >= 11 is 6.52. The van der Waals surface area contributed by atoms with E-state index in [1.807, 2.05) is 36.4 Å². The molecule has 0 aromatic heterocycles. The maximum absolute atomic E-state index is 13.6. The van der Waals surface area contributed by atoms with E-state index >= 15 is 0 Å². The van der Waals surface area contributed by atoms with Crippen LogP contribution in [0.25, 0.3) is 6.08 Å². The number of anilines is 1. The first-order chi connectivity index (χ1) is 18.4. The highest BCUT2D eigenvalue weighted by molar-refractivity contribution is 6.31. The van der Waals surface area contributed by atoms with E-state index in [0.717, 1.165) is 11.1 Å². The van der Waals surface area contributed by atoms with Gasteiger partial charge in [0.2, 0.25) is 0 Å². The minimum absolute atomic E-state index is 0.106. The Bertz CT molecular complexity index is 1500. The van der Waals surface area contributed by atoms with E-state index in [9.17, 15) is 14.4 Å². The Morgan fingerprint density at radius 2 is 1.74 bits per heavy atom. The lowest BCUT2D eigenvalue weighted by Gasteiger charge is -2.13. The van der Waals surface area contributed by atoms with Gasteiger partial charge in [-0.2, -0.15) is 5.26 Å². The number of nitrogens with one attached hydrogen (secondary N) is 1. The number of carbonyl (C=O) groups is 1. The number of ether oxygens (including phenoxy) is 2. The molecule has 4 aromatic rings. The van der Waals surface area contributed by atoms with Gasteiger partial charge in [0.25, 0.3) is 5.91 Å². The zero-order valence-corrected chi connectivity index (χ0v) is 21.3. The number of methoxy groups -OCH3 is 1. The molecule has 0 fully saturated rings. The zero-order chi connectivity index (χ0) is 26.9. The Hall–Kier alpha value is -4.60. The average molecular weight is 527 g/mol. The monoisotopic (exact) mass is 526 g/mol. The highest BCUT2D eigenvalue weighted by atomic mass is 35.5. The van der Waals surface area contributed by atoms with Crippen LogP contribution < -0.4 is 14.8 Å². The fourth-order valence-electron chi connectivity index (χ4n) is 3.81. The van der Waals surface area contributed by atoms with Crippen LogP contribution in [0.2, 0.25) is 5.02 Å². The van der Waals surface area contributed by atoms with Crippen LogP contribution in [0, 0.1) is 17.1 Å². The number of carbonyl (C=O) groups excluding carboxylic acids is 1. The van der Waals surface area contributed by atoms with Crippen LogP contribution in [0.5, 0.6) is 11.5 Å². The topological polar surface area (TPSA) is 71.3 Å². The molecule has 5 nitrogen and oxygen atoms in total. The third-order valence-corrected chi connectivity index (χ3v) is 6.04. The first-order valence-corrected chi connectivity index (χ1v) is 12.1. The van der Waals surface area contributed by atoms with Crippen molar-refractivity contribution in [3.8, 4) is 17.6 Å². The van der Waals surface area contributed by atoms with Gasteiger partial charge in [0.05, 0.1) is 7.11 Å². The summed E-state index contributed by atoms with van der Waals surface area (Å²) in [5.41, 5.74) is 3.39. The van der Waals surface area contributed by atoms with Gasteiger partial charge in [-0.3, -0.25) is 4.79 Å². The largest absolute Gasteiger partial charge is 0.496 e. The van der Waals surface area contributed by atoms with Crippen molar-refractivity contribution in [3.05, 3.63) is 130 Å². The number of hydrogen-bond donors (Lipinski definition) is 1. The Balaban J connectivity index is 1.45. The molecule has 0 saturated carbocycles. The molecule has 1 N–H and O–H groups in total. The SMILES string of the molecule is COc1cc(/C=C(\C#N)C(=O)Nc2ccc(OCc3ccccc3)cc2)cc(Cl)c1Cc1cccc(F)c1. The van der Waals surface area contributed by atoms with Crippen molar-refractivity contribution >= 4 is 29.3 Å². The van der Waals surface area contributed by atoms with Crippen LogP contribution in [0.1, 0.15) is 22.3 Å². The standard InChI is InChI=1S/C31H24ClFN2O3/c1-37-30-18-23(17-29(32)28(30)16-22-8-5-9-25(33)15-22)14-24(19-34)31(36)35-26-10-12-27(13-11-26)38-20-21-6-3-2-4-7-21/h2-15,17-18H,16,20H2,1H3,(H,35,36)/b24-14+. The molecule has 0 spiro atoms. The number of amides is 1. The summed E-state index contributed by atoms with van der Waals surface area (Å²) in [5.74, 6) is 0.223. The third kappa shape index (κ3) is 7.00. The fraction of sp³-hybridized carbons (Fsp3) is 0.0968. The van der Waals surface area contributed by atoms with Crippen molar-refractivity contribution in [2.75, 3.05) is 12.4 Å². The lowest BCUT2D eigenvalue weighted by molar-refractivity contribution is -0.112. The molecule has 0 radical (unpaired) electrons. The quantitative estimate of drug-likeness (QED) is 0.185. The van der Waals surface area contributed by atoms with Crippen LogP contribution in [-0.4, -0.2) is 13.0 Å². The number of nitrogens with zero attached hydrogens (tertiary/aromatic N) is 1. The summed E-state index contributed by atoms with van der Waals surface area (Å²) in [6.07, 6.45) is 1.80. The molecule has 38 heavy (non-hydrogen) atoms. The highest BCUT2D eigenvalue weighted by Crippen LogP contribution is 2.32. The van der Waals surface area contributed by atoms with Gasteiger partial charge < -0.3 is 14.8 Å². The van der Waals surface area contributed by atoms with Gasteiger partial charge in [0.15, 0.2) is 0 Å². The molecule has 0 aliphatic rings. The average Bonchev–Trinajstić information content (AvgIpc) is 2.93. The van der Waals surface area contributed by atoms with Gasteiger partial charge in [-0.1, -0.05) is 54.1 Å². The molecule has 4 aromatic carbocycles. The van der Waals surface area contributed by atoms with Crippen LogP contribution in [0.15, 0.2) is 96.6 Å². The lowest BCUT2D eigenvalue weighted by Crippen LogP contribution is -2.13. The maximum atomic E-state index is 13.6. The zero-order valence-electron chi connectivity index (χ0n) is 20.6. The lowest BCUT2D eigenvalue weighted by atomic mass is 10.0. The van der Waals surface area contributed by atoms with E-state index in [-0.39, 0.29) is 11.4 Å². The third-order valence-electron chi connectivity index (χ3n) is 5.70. The van der Waals surface area contributed by atoms with E-state index in [2.05, 4.69) is 5.32 Å². The van der Waals surface area contributed by atoms with Crippen LogP contribution in [0.4, 0.5) is 10.1 Å². The van der Waals surface area contributed by atoms with Crippen molar-refractivity contribution in [2.24, 2.45) is 0 Å². The summed E-state index contributed by atoms with van der Waals surface area (Å²) in [4.78, 5) is 12.8. The molecule has 0 aliphatic carbocycles. The van der Waals surface area contributed by atoms with Crippen LogP contribution >= 0.6 is 11.6 Å². The Kier molecular flexibility index (Phi) is 8.76. The van der Waals surface area contributed by atoms with Crippen LogP contribution in [0.3, 0.4) is 0 Å². The maximum Gasteiger partial charge on any atom is 0.266 e. The summed E-state index contributed by atoms with van der Waals surface area (Å²) in [5, 5.41) is 12.7. The summed E-state index contributed by atoms with van der Waals surface area (Å²) < 4.78 is 24.9. The van der Waals surface area contributed by atoms with E-state index in [0.29, 0.717) is 46.4 Å². The van der Waals surface area contributed by atoms with E-state index in [4.69, 9.17) is 21.1 Å². The van der Waals surface area contributed by atoms with Crippen molar-refractivity contribution in [1.29, 1.82) is 5.26 Å². The van der Waals surface area contributed by atoms with Gasteiger partial charge in [0.1, 0.15) is 35.6 Å². The molecular weight excluding hydrogens is 503 g/mol. The Morgan fingerprint density at radius 1 is 1.00 bits per heavy atom. The highest BCUT2D eigenvalue weighted by Gasteiger charge is 2.14. The van der Waals surface area contributed by atoms with E-state index < -0.39 is 5.91 Å². The molecular formula is C31H24ClFN2O3. The number of nitriles is 1. The fourth-order valence-corrected chi connectivity index (χ4v) is 4.09. The first kappa shape index (κ1) is 26.5. The second kappa shape index (κ2) is 12.6. The number of hydrogen-bond acceptors (Lipinski definition) is 4. The van der Waals surface area contributed by atoms with Gasteiger partial charge in [-0.05, 0) is 71.3 Å². The second-order valence-corrected chi connectivity index (χ2v) is 8.82. The molecule has 1 amide bonds. The number of rotatable bonds is 9. The molecule has 0 atom stereocenters. The number of halogens is 2. The second-order valence-electron chi connectivity index (χ2n) is 8.41. The predicted molar refractivity (Wildman–Crippen MR) is 147 cm³/mol. The summed E-state index contributed by atoms with van der Waals surface area (Å²) in [6.45, 7) is 0.431. The summed E-state index contributed by atoms with van der Waals surface area (Å²) in [7, 11) is 1.50. The normalized spacial score (nSPS) is 10.9. The molecule has 7 heteroatoms. The van der Waals surface area contributed by atoms with Gasteiger partial charge in [-0.15, -0.1) is 0 Å².